The Labute approximate surface area is 171 Å². The normalized spacial score (nSPS) is 24.5. The van der Waals surface area contributed by atoms with Gasteiger partial charge < -0.3 is 4.74 Å². The summed E-state index contributed by atoms with van der Waals surface area (Å²) >= 11 is 0. The number of piperidine rings is 1. The van der Waals surface area contributed by atoms with Crippen LogP contribution in [0, 0.1) is 0 Å². The summed E-state index contributed by atoms with van der Waals surface area (Å²) in [6, 6.07) is 8.42. The van der Waals surface area contributed by atoms with Crippen LogP contribution in [0.5, 0.6) is 0 Å². The standard InChI is InChI=1S/C20H27N5O3S/c26-29(27,19-5-6-19)22-14-18-13-20(28-18)7-10-24(11-8-20)15-16-1-3-17(4-2-16)25-12-9-21-23-25/h1-4,9,12,18-19,22H,5-8,10-11,13-15H2. The van der Waals surface area contributed by atoms with Crippen LogP contribution in [-0.2, 0) is 21.3 Å². The van der Waals surface area contributed by atoms with Crippen molar-refractivity contribution in [3.8, 4) is 5.69 Å². The Hall–Kier alpha value is -1.81. The van der Waals surface area contributed by atoms with Gasteiger partial charge in [-0.3, -0.25) is 4.90 Å². The SMILES string of the molecule is O=S(=O)(NCC1CC2(CCN(Cc3ccc(-n4ccnn4)cc3)CC2)O1)C1CC1. The number of nitrogens with one attached hydrogen (secondary N) is 1. The molecule has 1 atom stereocenters. The summed E-state index contributed by atoms with van der Waals surface area (Å²) < 4.78 is 34.5. The number of rotatable bonds is 7. The van der Waals surface area contributed by atoms with Gasteiger partial charge in [-0.15, -0.1) is 5.10 Å². The largest absolute Gasteiger partial charge is 0.370 e. The van der Waals surface area contributed by atoms with Crippen molar-refractivity contribution in [3.05, 3.63) is 42.2 Å². The highest BCUT2D eigenvalue weighted by Crippen LogP contribution is 2.41. The van der Waals surface area contributed by atoms with Crippen LogP contribution < -0.4 is 4.72 Å². The number of sulfonamides is 1. The summed E-state index contributed by atoms with van der Waals surface area (Å²) in [4.78, 5) is 2.46. The van der Waals surface area contributed by atoms with Crippen molar-refractivity contribution in [1.29, 1.82) is 0 Å². The van der Waals surface area contributed by atoms with Gasteiger partial charge in [-0.1, -0.05) is 17.3 Å². The highest BCUT2D eigenvalue weighted by Gasteiger charge is 2.47. The molecule has 1 aromatic carbocycles. The van der Waals surface area contributed by atoms with Crippen molar-refractivity contribution in [1.82, 2.24) is 24.6 Å². The zero-order chi connectivity index (χ0) is 19.9. The summed E-state index contributed by atoms with van der Waals surface area (Å²) in [5, 5.41) is 7.69. The molecule has 29 heavy (non-hydrogen) atoms. The minimum absolute atomic E-state index is 0.0272. The zero-order valence-corrected chi connectivity index (χ0v) is 17.2. The van der Waals surface area contributed by atoms with Crippen LogP contribution in [-0.4, -0.2) is 64.9 Å². The van der Waals surface area contributed by atoms with Gasteiger partial charge >= 0.3 is 0 Å². The van der Waals surface area contributed by atoms with Gasteiger partial charge in [0, 0.05) is 32.6 Å². The first-order valence-corrected chi connectivity index (χ1v) is 11.9. The summed E-state index contributed by atoms with van der Waals surface area (Å²) in [6.07, 6.45) is 8.11. The Bertz CT molecular complexity index is 925. The molecule has 156 valence electrons. The smallest absolute Gasteiger partial charge is 0.214 e. The first-order valence-electron chi connectivity index (χ1n) is 10.4. The summed E-state index contributed by atoms with van der Waals surface area (Å²) in [6.45, 7) is 3.36. The van der Waals surface area contributed by atoms with Crippen molar-refractivity contribution >= 4 is 10.0 Å². The van der Waals surface area contributed by atoms with Crippen LogP contribution in [0.3, 0.4) is 0 Å². The van der Waals surface area contributed by atoms with Crippen molar-refractivity contribution < 1.29 is 13.2 Å². The third-order valence-electron chi connectivity index (χ3n) is 6.29. The Kier molecular flexibility index (Phi) is 4.93. The number of aromatic nitrogens is 3. The Balaban J connectivity index is 1.07. The topological polar surface area (TPSA) is 89.4 Å². The fourth-order valence-electron chi connectivity index (χ4n) is 4.38. The Morgan fingerprint density at radius 3 is 2.52 bits per heavy atom. The molecule has 3 fully saturated rings. The molecule has 0 bridgehead atoms. The molecule has 1 saturated carbocycles. The second-order valence-electron chi connectivity index (χ2n) is 8.51. The fraction of sp³-hybridized carbons (Fsp3) is 0.600. The molecule has 2 saturated heterocycles. The molecule has 0 radical (unpaired) electrons. The van der Waals surface area contributed by atoms with Crippen molar-refractivity contribution in [2.24, 2.45) is 0 Å². The number of benzene rings is 1. The second-order valence-corrected chi connectivity index (χ2v) is 10.6. The molecular weight excluding hydrogens is 390 g/mol. The molecule has 8 nitrogen and oxygen atoms in total. The maximum absolute atomic E-state index is 11.9. The molecule has 1 spiro atoms. The minimum Gasteiger partial charge on any atom is -0.370 e. The monoisotopic (exact) mass is 417 g/mol. The van der Waals surface area contributed by atoms with Gasteiger partial charge in [-0.25, -0.2) is 17.8 Å². The van der Waals surface area contributed by atoms with E-state index in [9.17, 15) is 8.42 Å². The number of hydrogen-bond acceptors (Lipinski definition) is 6. The summed E-state index contributed by atoms with van der Waals surface area (Å²) in [5.41, 5.74) is 2.25. The molecule has 1 N–H and O–H groups in total. The van der Waals surface area contributed by atoms with Crippen LogP contribution in [0.1, 0.15) is 37.7 Å². The predicted molar refractivity (Wildman–Crippen MR) is 108 cm³/mol. The Morgan fingerprint density at radius 2 is 1.90 bits per heavy atom. The highest BCUT2D eigenvalue weighted by molar-refractivity contribution is 7.90. The molecule has 1 aliphatic carbocycles. The third kappa shape index (κ3) is 4.23. The van der Waals surface area contributed by atoms with Crippen LogP contribution in [0.25, 0.3) is 5.69 Å². The van der Waals surface area contributed by atoms with Gasteiger partial charge in [0.05, 0.1) is 35.0 Å². The van der Waals surface area contributed by atoms with Crippen molar-refractivity contribution in [2.75, 3.05) is 19.6 Å². The third-order valence-corrected chi connectivity index (χ3v) is 8.21. The van der Waals surface area contributed by atoms with Gasteiger partial charge in [-0.05, 0) is 43.4 Å². The average Bonchev–Trinajstić information content (AvgIpc) is 3.43. The van der Waals surface area contributed by atoms with Gasteiger partial charge in [0.2, 0.25) is 10.0 Å². The fourth-order valence-corrected chi connectivity index (χ4v) is 5.79. The van der Waals surface area contributed by atoms with Gasteiger partial charge in [0.1, 0.15) is 0 Å². The summed E-state index contributed by atoms with van der Waals surface area (Å²) in [7, 11) is -3.11. The quantitative estimate of drug-likeness (QED) is 0.734. The van der Waals surface area contributed by atoms with Crippen LogP contribution in [0.15, 0.2) is 36.7 Å². The number of nitrogens with zero attached hydrogens (tertiary/aromatic N) is 4. The van der Waals surface area contributed by atoms with Crippen molar-refractivity contribution in [2.45, 2.75) is 55.6 Å². The minimum atomic E-state index is -3.11. The first-order chi connectivity index (χ1) is 14.0. The molecule has 1 unspecified atom stereocenters. The molecule has 1 aromatic heterocycles. The van der Waals surface area contributed by atoms with Crippen LogP contribution in [0.2, 0.25) is 0 Å². The van der Waals surface area contributed by atoms with E-state index in [1.807, 2.05) is 6.20 Å². The lowest BCUT2D eigenvalue weighted by Gasteiger charge is -2.52. The van der Waals surface area contributed by atoms with E-state index in [1.165, 1.54) is 5.56 Å². The lowest BCUT2D eigenvalue weighted by atomic mass is 9.80. The first kappa shape index (κ1) is 19.2. The highest BCUT2D eigenvalue weighted by atomic mass is 32.2. The van der Waals surface area contributed by atoms with E-state index in [1.54, 1.807) is 10.9 Å². The Morgan fingerprint density at radius 1 is 1.17 bits per heavy atom. The summed E-state index contributed by atoms with van der Waals surface area (Å²) in [5.74, 6) is 0. The van der Waals surface area contributed by atoms with Gasteiger partial charge in [0.15, 0.2) is 0 Å². The van der Waals surface area contributed by atoms with E-state index in [4.69, 9.17) is 4.74 Å². The van der Waals surface area contributed by atoms with E-state index in [0.717, 1.165) is 57.4 Å². The number of hydrogen-bond donors (Lipinski definition) is 1. The van der Waals surface area contributed by atoms with Gasteiger partial charge in [0.25, 0.3) is 0 Å². The van der Waals surface area contributed by atoms with Crippen LogP contribution >= 0.6 is 0 Å². The van der Waals surface area contributed by atoms with E-state index in [0.29, 0.717) is 6.54 Å². The molecule has 2 aromatic rings. The number of ether oxygens (including phenoxy) is 1. The predicted octanol–water partition coefficient (Wildman–Crippen LogP) is 1.47. The molecule has 3 heterocycles. The zero-order valence-electron chi connectivity index (χ0n) is 16.4. The average molecular weight is 418 g/mol. The molecular formula is C20H27N5O3S. The van der Waals surface area contributed by atoms with Crippen molar-refractivity contribution in [3.63, 3.8) is 0 Å². The molecule has 9 heteroatoms. The molecule has 3 aliphatic rings. The van der Waals surface area contributed by atoms with Gasteiger partial charge in [-0.2, -0.15) is 0 Å². The maximum atomic E-state index is 11.9. The van der Waals surface area contributed by atoms with E-state index in [-0.39, 0.29) is 17.0 Å². The lowest BCUT2D eigenvalue weighted by molar-refractivity contribution is -0.222. The van der Waals surface area contributed by atoms with E-state index in [2.05, 4.69) is 44.2 Å². The van der Waals surface area contributed by atoms with Crippen LogP contribution in [0.4, 0.5) is 0 Å². The van der Waals surface area contributed by atoms with E-state index >= 15 is 0 Å². The molecule has 2 aliphatic heterocycles. The number of likely N-dealkylation sites (tertiary alicyclic amines) is 1. The second kappa shape index (κ2) is 7.46. The molecule has 0 amide bonds. The lowest BCUT2D eigenvalue weighted by Crippen LogP contribution is -2.59. The van der Waals surface area contributed by atoms with E-state index < -0.39 is 10.0 Å². The molecule has 5 rings (SSSR count). The maximum Gasteiger partial charge on any atom is 0.214 e.